The molecule has 1 amide bonds. The Balaban J connectivity index is 0.00000128. The molecule has 6 heteroatoms. The molecular weight excluding hydrogens is 230 g/mol. The van der Waals surface area contributed by atoms with Crippen molar-refractivity contribution in [2.24, 2.45) is 11.7 Å². The van der Waals surface area contributed by atoms with Crippen LogP contribution in [0.2, 0.25) is 0 Å². The minimum Gasteiger partial charge on any atom is -0.351 e. The minimum atomic E-state index is -0.244. The number of nitrogens with two attached hydrogens (primary N) is 1. The summed E-state index contributed by atoms with van der Waals surface area (Å²) >= 11 is 0. The second-order valence-electron chi connectivity index (χ2n) is 4.04. The number of carbonyl (C=O) groups is 1. The van der Waals surface area contributed by atoms with Crippen molar-refractivity contribution in [3.05, 3.63) is 17.5 Å². The van der Waals surface area contributed by atoms with Gasteiger partial charge in [-0.15, -0.1) is 12.4 Å². The first kappa shape index (κ1) is 13.0. The fraction of sp³-hybridized carbons (Fsp3) is 0.600. The topological polar surface area (TPSA) is 81.2 Å². The highest BCUT2D eigenvalue weighted by molar-refractivity contribution is 5.91. The van der Waals surface area contributed by atoms with Gasteiger partial charge in [0.15, 0.2) is 0 Å². The summed E-state index contributed by atoms with van der Waals surface area (Å²) < 4.78 is 4.83. The van der Waals surface area contributed by atoms with Gasteiger partial charge in [-0.05, 0) is 25.7 Å². The fourth-order valence-electron chi connectivity index (χ4n) is 1.46. The predicted molar refractivity (Wildman–Crippen MR) is 61.5 cm³/mol. The molecule has 0 aliphatic heterocycles. The Morgan fingerprint density at radius 2 is 2.44 bits per heavy atom. The smallest absolute Gasteiger partial charge is 0.289 e. The van der Waals surface area contributed by atoms with Crippen LogP contribution < -0.4 is 11.1 Å². The second kappa shape index (κ2) is 5.32. The van der Waals surface area contributed by atoms with Gasteiger partial charge in [-0.3, -0.25) is 4.79 Å². The lowest BCUT2D eigenvalue weighted by Crippen LogP contribution is -2.38. The van der Waals surface area contributed by atoms with E-state index in [9.17, 15) is 4.79 Å². The van der Waals surface area contributed by atoms with Crippen LogP contribution in [0.5, 0.6) is 0 Å². The molecule has 2 rings (SSSR count). The molecule has 1 aromatic rings. The van der Waals surface area contributed by atoms with E-state index in [-0.39, 0.29) is 30.1 Å². The normalized spacial score (nSPS) is 16.4. The zero-order valence-corrected chi connectivity index (χ0v) is 9.92. The lowest BCUT2D eigenvalue weighted by atomic mass is 10.2. The quantitative estimate of drug-likeness (QED) is 0.825. The van der Waals surface area contributed by atoms with Gasteiger partial charge >= 0.3 is 0 Å². The Kier molecular flexibility index (Phi) is 4.32. The molecule has 5 nitrogen and oxygen atoms in total. The van der Waals surface area contributed by atoms with Crippen molar-refractivity contribution in [3.8, 4) is 0 Å². The van der Waals surface area contributed by atoms with Crippen LogP contribution >= 0.6 is 12.4 Å². The van der Waals surface area contributed by atoms with E-state index in [2.05, 4.69) is 10.5 Å². The molecule has 0 spiro atoms. The molecule has 1 atom stereocenters. The van der Waals surface area contributed by atoms with Crippen molar-refractivity contribution >= 4 is 18.3 Å². The van der Waals surface area contributed by atoms with Crippen LogP contribution in [0, 0.1) is 12.8 Å². The summed E-state index contributed by atoms with van der Waals surface area (Å²) in [5.41, 5.74) is 6.55. The molecular formula is C10H16ClN3O2. The molecule has 3 N–H and O–H groups in total. The summed E-state index contributed by atoms with van der Waals surface area (Å²) in [4.78, 5) is 11.5. The molecule has 0 saturated heterocycles. The number of hydrogen-bond donors (Lipinski definition) is 2. The highest BCUT2D eigenvalue weighted by Crippen LogP contribution is 2.31. The number of hydrogen-bond acceptors (Lipinski definition) is 4. The number of nitrogens with zero attached hydrogens (tertiary/aromatic N) is 1. The summed E-state index contributed by atoms with van der Waals surface area (Å²) in [5, 5.41) is 6.38. The fourth-order valence-corrected chi connectivity index (χ4v) is 1.46. The van der Waals surface area contributed by atoms with Crippen LogP contribution in [-0.2, 0) is 0 Å². The second-order valence-corrected chi connectivity index (χ2v) is 4.04. The highest BCUT2D eigenvalue weighted by atomic mass is 35.5. The van der Waals surface area contributed by atoms with Crippen molar-refractivity contribution in [2.75, 3.05) is 6.54 Å². The third-order valence-corrected chi connectivity index (χ3v) is 2.58. The molecule has 1 fully saturated rings. The van der Waals surface area contributed by atoms with Crippen LogP contribution in [-0.4, -0.2) is 23.7 Å². The van der Waals surface area contributed by atoms with Gasteiger partial charge in [0, 0.05) is 18.7 Å². The molecule has 1 saturated carbocycles. The van der Waals surface area contributed by atoms with E-state index in [1.54, 1.807) is 13.0 Å². The number of rotatable bonds is 4. The number of amides is 1. The van der Waals surface area contributed by atoms with Gasteiger partial charge in [0.2, 0.25) is 5.76 Å². The molecule has 0 bridgehead atoms. The number of carbonyl (C=O) groups excluding carboxylic acids is 1. The molecule has 1 heterocycles. The van der Waals surface area contributed by atoms with Crippen LogP contribution in [0.25, 0.3) is 0 Å². The first-order valence-corrected chi connectivity index (χ1v) is 5.14. The summed E-state index contributed by atoms with van der Waals surface area (Å²) in [6.45, 7) is 2.28. The molecule has 1 aromatic heterocycles. The van der Waals surface area contributed by atoms with Crippen molar-refractivity contribution < 1.29 is 9.32 Å². The zero-order valence-electron chi connectivity index (χ0n) is 9.10. The Morgan fingerprint density at radius 1 is 1.75 bits per heavy atom. The van der Waals surface area contributed by atoms with Gasteiger partial charge in [-0.25, -0.2) is 0 Å². The third kappa shape index (κ3) is 3.21. The van der Waals surface area contributed by atoms with Gasteiger partial charge < -0.3 is 15.6 Å². The average molecular weight is 246 g/mol. The minimum absolute atomic E-state index is 0. The molecule has 1 aliphatic rings. The van der Waals surface area contributed by atoms with Gasteiger partial charge in [0.25, 0.3) is 5.91 Å². The van der Waals surface area contributed by atoms with Gasteiger partial charge in [-0.2, -0.15) is 0 Å². The highest BCUT2D eigenvalue weighted by Gasteiger charge is 2.28. The first-order valence-electron chi connectivity index (χ1n) is 5.14. The van der Waals surface area contributed by atoms with Crippen LogP contribution in [0.4, 0.5) is 0 Å². The number of nitrogens with one attached hydrogen (secondary N) is 1. The summed E-state index contributed by atoms with van der Waals surface area (Å²) in [7, 11) is 0. The Morgan fingerprint density at radius 3 is 2.94 bits per heavy atom. The maximum atomic E-state index is 11.5. The Hall–Kier alpha value is -1.07. The number of aryl methyl sites for hydroxylation is 1. The average Bonchev–Trinajstić information content (AvgIpc) is 2.97. The molecule has 16 heavy (non-hydrogen) atoms. The third-order valence-electron chi connectivity index (χ3n) is 2.58. The summed E-state index contributed by atoms with van der Waals surface area (Å²) in [6.07, 6.45) is 2.36. The summed E-state index contributed by atoms with van der Waals surface area (Å²) in [5.74, 6) is 0.587. The largest absolute Gasteiger partial charge is 0.351 e. The van der Waals surface area contributed by atoms with Gasteiger partial charge in [0.05, 0.1) is 5.69 Å². The lowest BCUT2D eigenvalue weighted by molar-refractivity contribution is 0.0913. The SMILES string of the molecule is Cc1cc(C(=O)NCC(N)C2CC2)on1.Cl. The van der Waals surface area contributed by atoms with E-state index in [0.29, 0.717) is 18.2 Å². The Bertz CT molecular complexity index is 363. The van der Waals surface area contributed by atoms with Crippen molar-refractivity contribution in [1.82, 2.24) is 10.5 Å². The molecule has 90 valence electrons. The van der Waals surface area contributed by atoms with E-state index in [1.165, 1.54) is 12.8 Å². The maximum Gasteiger partial charge on any atom is 0.289 e. The molecule has 1 unspecified atom stereocenters. The van der Waals surface area contributed by atoms with E-state index in [4.69, 9.17) is 10.3 Å². The molecule has 0 aromatic carbocycles. The first-order chi connectivity index (χ1) is 7.16. The molecule has 1 aliphatic carbocycles. The Labute approximate surface area is 100 Å². The monoisotopic (exact) mass is 245 g/mol. The van der Waals surface area contributed by atoms with Crippen molar-refractivity contribution in [1.29, 1.82) is 0 Å². The predicted octanol–water partition coefficient (Wildman–Crippen LogP) is 0.872. The number of halogens is 1. The van der Waals surface area contributed by atoms with E-state index in [0.717, 1.165) is 0 Å². The lowest BCUT2D eigenvalue weighted by Gasteiger charge is -2.09. The maximum absolute atomic E-state index is 11.5. The van der Waals surface area contributed by atoms with Crippen LogP contribution in [0.1, 0.15) is 29.1 Å². The van der Waals surface area contributed by atoms with Crippen LogP contribution in [0.15, 0.2) is 10.6 Å². The number of aromatic nitrogens is 1. The van der Waals surface area contributed by atoms with E-state index < -0.39 is 0 Å². The van der Waals surface area contributed by atoms with Gasteiger partial charge in [0.1, 0.15) is 0 Å². The van der Waals surface area contributed by atoms with E-state index in [1.807, 2.05) is 0 Å². The standard InChI is InChI=1S/C10H15N3O2.ClH/c1-6-4-9(15-13-6)10(14)12-5-8(11)7-2-3-7;/h4,7-8H,2-3,5,11H2,1H3,(H,12,14);1H. The summed E-state index contributed by atoms with van der Waals surface area (Å²) in [6, 6.07) is 1.68. The van der Waals surface area contributed by atoms with Crippen molar-refractivity contribution in [2.45, 2.75) is 25.8 Å². The van der Waals surface area contributed by atoms with E-state index >= 15 is 0 Å². The van der Waals surface area contributed by atoms with Gasteiger partial charge in [-0.1, -0.05) is 5.16 Å². The van der Waals surface area contributed by atoms with Crippen LogP contribution in [0.3, 0.4) is 0 Å². The molecule has 0 radical (unpaired) electrons. The van der Waals surface area contributed by atoms with Crippen molar-refractivity contribution in [3.63, 3.8) is 0 Å². The zero-order chi connectivity index (χ0) is 10.8.